The average molecular weight is 497 g/mol. The molecule has 0 saturated carbocycles. The molecule has 4 heterocycles. The summed E-state index contributed by atoms with van der Waals surface area (Å²) in [6, 6.07) is 34.4. The fourth-order valence-corrected chi connectivity index (χ4v) is 8.03. The first-order valence-electron chi connectivity index (χ1n) is 11.9. The van der Waals surface area contributed by atoms with Crippen LogP contribution in [0.25, 0.3) is 84.9 Å². The van der Waals surface area contributed by atoms with E-state index < -0.39 is 0 Å². The van der Waals surface area contributed by atoms with E-state index in [0.717, 1.165) is 33.1 Å². The quantitative estimate of drug-likeness (QED) is 0.154. The first-order chi connectivity index (χ1) is 17.8. The molecule has 0 bridgehead atoms. The van der Waals surface area contributed by atoms with Gasteiger partial charge in [0.25, 0.3) is 0 Å². The van der Waals surface area contributed by atoms with Crippen LogP contribution in [0.5, 0.6) is 0 Å². The number of benzene rings is 5. The number of hydrogen-bond donors (Lipinski definition) is 0. The van der Waals surface area contributed by atoms with Gasteiger partial charge in [-0.1, -0.05) is 48.5 Å². The van der Waals surface area contributed by atoms with E-state index in [2.05, 4.69) is 97.1 Å². The van der Waals surface area contributed by atoms with Gasteiger partial charge in [0.2, 0.25) is 0 Å². The van der Waals surface area contributed by atoms with Gasteiger partial charge in [-0.25, -0.2) is 0 Å². The Morgan fingerprint density at radius 2 is 0.806 bits per heavy atom. The van der Waals surface area contributed by atoms with Crippen LogP contribution < -0.4 is 0 Å². The van der Waals surface area contributed by atoms with Crippen LogP contribution in [0.4, 0.5) is 0 Å². The highest BCUT2D eigenvalue weighted by atomic mass is 32.1. The molecule has 0 aromatic heterocycles. The van der Waals surface area contributed by atoms with Crippen LogP contribution in [-0.4, -0.2) is 0 Å². The summed E-state index contributed by atoms with van der Waals surface area (Å²) in [5.41, 5.74) is 8.40. The molecule has 168 valence electrons. The molecule has 36 heavy (non-hydrogen) atoms. The Hall–Kier alpha value is -4.12. The lowest BCUT2D eigenvalue weighted by Crippen LogP contribution is -1.93. The van der Waals surface area contributed by atoms with Crippen molar-refractivity contribution in [3.05, 3.63) is 97.1 Å². The Bertz CT molecular complexity index is 2110. The zero-order valence-corrected chi connectivity index (χ0v) is 20.5. The predicted molar refractivity (Wildman–Crippen MR) is 154 cm³/mol. The van der Waals surface area contributed by atoms with Crippen LogP contribution in [0.15, 0.2) is 106 Å². The summed E-state index contributed by atoms with van der Waals surface area (Å²) in [4.78, 5) is 0. The maximum absolute atomic E-state index is 6.61. The molecule has 0 atom stereocenters. The van der Waals surface area contributed by atoms with Crippen molar-refractivity contribution in [2.24, 2.45) is 0 Å². The van der Waals surface area contributed by atoms with E-state index in [1.54, 1.807) is 0 Å². The average Bonchev–Trinajstić information content (AvgIpc) is 2.92. The molecule has 0 N–H and O–H groups in total. The molecule has 2 nitrogen and oxygen atoms in total. The minimum atomic E-state index is 0.878. The lowest BCUT2D eigenvalue weighted by atomic mass is 9.93. The summed E-state index contributed by atoms with van der Waals surface area (Å²) in [6.07, 6.45) is 0. The van der Waals surface area contributed by atoms with Crippen LogP contribution in [0.3, 0.4) is 0 Å². The Morgan fingerprint density at radius 3 is 1.31 bits per heavy atom. The third kappa shape index (κ3) is 2.40. The summed E-state index contributed by atoms with van der Waals surface area (Å²) in [6.45, 7) is 0. The molecular formula is C32H16O2S2. The van der Waals surface area contributed by atoms with E-state index >= 15 is 0 Å². The summed E-state index contributed by atoms with van der Waals surface area (Å²) in [7, 11) is 0. The van der Waals surface area contributed by atoms with Gasteiger partial charge in [-0.15, -0.1) is 22.7 Å². The van der Waals surface area contributed by atoms with Gasteiger partial charge in [-0.05, 0) is 48.5 Å². The lowest BCUT2D eigenvalue weighted by Gasteiger charge is -2.19. The van der Waals surface area contributed by atoms with Crippen molar-refractivity contribution in [1.29, 1.82) is 0 Å². The highest BCUT2D eigenvalue weighted by Crippen LogP contribution is 2.50. The second-order valence-corrected chi connectivity index (χ2v) is 11.4. The highest BCUT2D eigenvalue weighted by molar-refractivity contribution is 7.25. The van der Waals surface area contributed by atoms with Crippen molar-refractivity contribution in [2.45, 2.75) is 0 Å². The highest BCUT2D eigenvalue weighted by Gasteiger charge is 2.23. The van der Waals surface area contributed by atoms with Crippen LogP contribution >= 0.6 is 22.7 Å². The molecule has 4 aliphatic heterocycles. The monoisotopic (exact) mass is 496 g/mol. The Labute approximate surface area is 212 Å². The fraction of sp³-hybridized carbons (Fsp3) is 0. The molecule has 0 saturated heterocycles. The van der Waals surface area contributed by atoms with Gasteiger partial charge in [0.1, 0.15) is 22.3 Å². The van der Waals surface area contributed by atoms with Crippen LogP contribution in [0, 0.1) is 0 Å². The molecule has 0 amide bonds. The third-order valence-electron chi connectivity index (χ3n) is 7.29. The maximum Gasteiger partial charge on any atom is 0.136 e. The van der Waals surface area contributed by atoms with Gasteiger partial charge >= 0.3 is 0 Å². The van der Waals surface area contributed by atoms with Gasteiger partial charge in [-0.2, -0.15) is 0 Å². The molecule has 5 aromatic carbocycles. The van der Waals surface area contributed by atoms with Gasteiger partial charge in [-0.3, -0.25) is 0 Å². The Morgan fingerprint density at radius 1 is 0.361 bits per heavy atom. The van der Waals surface area contributed by atoms with E-state index in [1.165, 1.54) is 51.8 Å². The largest absolute Gasteiger partial charge is 0.456 e. The molecule has 4 aliphatic rings. The zero-order valence-electron chi connectivity index (χ0n) is 18.9. The molecule has 9 rings (SSSR count). The SMILES string of the molecule is c1cc2oc3cc4c5c6ccccc6sc6cccc(oc4cc3c3c4ccccc4sc(c1)c2-3)c6-5. The normalized spacial score (nSPS) is 12.4. The van der Waals surface area contributed by atoms with Gasteiger partial charge in [0.15, 0.2) is 0 Å². The summed E-state index contributed by atoms with van der Waals surface area (Å²) in [5.74, 6) is 0. The first-order valence-corrected chi connectivity index (χ1v) is 13.6. The Balaban J connectivity index is 1.58. The minimum absolute atomic E-state index is 0.878. The molecule has 0 unspecified atom stereocenters. The Kier molecular flexibility index (Phi) is 3.59. The van der Waals surface area contributed by atoms with E-state index in [0.29, 0.717) is 0 Å². The number of fused-ring (bicyclic) bond motifs is 8. The van der Waals surface area contributed by atoms with Gasteiger partial charge in [0, 0.05) is 62.6 Å². The summed E-state index contributed by atoms with van der Waals surface area (Å²) in [5, 5.41) is 4.66. The van der Waals surface area contributed by atoms with E-state index in [1.807, 2.05) is 22.7 Å². The smallest absolute Gasteiger partial charge is 0.136 e. The zero-order chi connectivity index (χ0) is 23.4. The molecule has 0 aliphatic carbocycles. The van der Waals surface area contributed by atoms with Crippen molar-refractivity contribution >= 4 is 85.4 Å². The maximum atomic E-state index is 6.61. The van der Waals surface area contributed by atoms with Gasteiger partial charge in [0.05, 0.1) is 0 Å². The van der Waals surface area contributed by atoms with Crippen molar-refractivity contribution in [3.8, 4) is 22.3 Å². The third-order valence-corrected chi connectivity index (χ3v) is 9.56. The molecule has 4 heteroatoms. The number of rotatable bonds is 0. The first kappa shape index (κ1) is 19.1. The molecule has 0 radical (unpaired) electrons. The van der Waals surface area contributed by atoms with Crippen LogP contribution in [0.2, 0.25) is 0 Å². The molecular weight excluding hydrogens is 480 g/mol. The summed E-state index contributed by atoms with van der Waals surface area (Å²) < 4.78 is 18.2. The van der Waals surface area contributed by atoms with Crippen molar-refractivity contribution in [2.75, 3.05) is 0 Å². The molecule has 0 spiro atoms. The van der Waals surface area contributed by atoms with Crippen molar-refractivity contribution in [3.63, 3.8) is 0 Å². The van der Waals surface area contributed by atoms with Crippen molar-refractivity contribution < 1.29 is 8.83 Å². The number of hydrogen-bond acceptors (Lipinski definition) is 4. The summed E-state index contributed by atoms with van der Waals surface area (Å²) >= 11 is 3.62. The van der Waals surface area contributed by atoms with E-state index in [-0.39, 0.29) is 0 Å². The predicted octanol–water partition coefficient (Wildman–Crippen LogP) is 10.7. The second kappa shape index (κ2) is 6.76. The van der Waals surface area contributed by atoms with Crippen molar-refractivity contribution in [1.82, 2.24) is 0 Å². The lowest BCUT2D eigenvalue weighted by molar-refractivity contribution is 0.651. The van der Waals surface area contributed by atoms with E-state index in [9.17, 15) is 0 Å². The standard InChI is InChI=1S/C32H16O2S2/c1-3-11-25-17(7-1)29-19-15-24-20(16-23(19)33-21-9-5-13-27(35-25)31(21)29)30-18-8-2-4-12-26(18)36-28-14-6-10-22(34-24)32(28)30/h1-16H. The van der Waals surface area contributed by atoms with Crippen LogP contribution in [-0.2, 0) is 0 Å². The minimum Gasteiger partial charge on any atom is -0.456 e. The second-order valence-electron chi connectivity index (χ2n) is 9.25. The van der Waals surface area contributed by atoms with Gasteiger partial charge < -0.3 is 8.83 Å². The molecule has 0 fully saturated rings. The fourth-order valence-electron chi connectivity index (χ4n) is 5.80. The molecule has 5 aromatic rings. The topological polar surface area (TPSA) is 26.3 Å². The van der Waals surface area contributed by atoms with E-state index in [4.69, 9.17) is 8.83 Å². The van der Waals surface area contributed by atoms with Crippen LogP contribution in [0.1, 0.15) is 0 Å².